The average Bonchev–Trinajstić information content (AvgIpc) is 3.29. The second-order valence-corrected chi connectivity index (χ2v) is 7.88. The van der Waals surface area contributed by atoms with Gasteiger partial charge in [-0.25, -0.2) is 9.82 Å². The van der Waals surface area contributed by atoms with E-state index in [0.29, 0.717) is 23.5 Å². The maximum absolute atomic E-state index is 13.0. The molecule has 2 N–H and O–H groups in total. The number of benzene rings is 1. The highest BCUT2D eigenvalue weighted by Gasteiger charge is 2.28. The summed E-state index contributed by atoms with van der Waals surface area (Å²) in [4.78, 5) is 0.742. The Hall–Kier alpha value is -2.10. The van der Waals surface area contributed by atoms with E-state index in [1.807, 2.05) is 0 Å². The van der Waals surface area contributed by atoms with Gasteiger partial charge in [0.1, 0.15) is 23.2 Å². The molecular formula is C17H21FN6OS. The summed E-state index contributed by atoms with van der Waals surface area (Å²) in [6.07, 6.45) is 2.13. The molecule has 9 heteroatoms. The first-order valence-corrected chi connectivity index (χ1v) is 9.50. The molecule has 3 aromatic rings. The van der Waals surface area contributed by atoms with Crippen molar-refractivity contribution in [3.63, 3.8) is 0 Å². The highest BCUT2D eigenvalue weighted by molar-refractivity contribution is 7.16. The molecule has 0 amide bonds. The Morgan fingerprint density at radius 3 is 2.85 bits per heavy atom. The van der Waals surface area contributed by atoms with Gasteiger partial charge in [0.2, 0.25) is 4.96 Å². The lowest BCUT2D eigenvalue weighted by atomic mass is 10.0. The molecule has 2 atom stereocenters. The average molecular weight is 376 g/mol. The topological polar surface area (TPSA) is 76.4 Å². The summed E-state index contributed by atoms with van der Waals surface area (Å²) < 4.78 is 20.3. The first-order chi connectivity index (χ1) is 12.6. The van der Waals surface area contributed by atoms with Gasteiger partial charge in [0.25, 0.3) is 0 Å². The molecule has 0 bridgehead atoms. The SMILES string of the molecule is CC(C)CC1CC(c2nn3c(COc4ccc(F)cc4)nnc3s2)NN1. The van der Waals surface area contributed by atoms with Gasteiger partial charge in [-0.3, -0.25) is 5.43 Å². The van der Waals surface area contributed by atoms with Crippen molar-refractivity contribution in [2.45, 2.75) is 45.4 Å². The molecule has 1 fully saturated rings. The Kier molecular flexibility index (Phi) is 4.84. The van der Waals surface area contributed by atoms with Crippen molar-refractivity contribution in [1.82, 2.24) is 30.7 Å². The van der Waals surface area contributed by atoms with E-state index in [1.54, 1.807) is 16.6 Å². The first kappa shape index (κ1) is 17.3. The van der Waals surface area contributed by atoms with Gasteiger partial charge in [-0.2, -0.15) is 9.61 Å². The fraction of sp³-hybridized carbons (Fsp3) is 0.471. The number of hydrogen-bond acceptors (Lipinski definition) is 7. The van der Waals surface area contributed by atoms with Crippen LogP contribution in [0.5, 0.6) is 5.75 Å². The second kappa shape index (κ2) is 7.26. The number of ether oxygens (including phenoxy) is 1. The molecule has 0 spiro atoms. The van der Waals surface area contributed by atoms with E-state index in [0.717, 1.165) is 22.8 Å². The van der Waals surface area contributed by atoms with Gasteiger partial charge < -0.3 is 4.74 Å². The van der Waals surface area contributed by atoms with Crippen LogP contribution in [0.15, 0.2) is 24.3 Å². The summed E-state index contributed by atoms with van der Waals surface area (Å²) in [5.41, 5.74) is 6.69. The molecule has 0 aliphatic carbocycles. The number of halogens is 1. The van der Waals surface area contributed by atoms with Gasteiger partial charge >= 0.3 is 0 Å². The molecule has 0 radical (unpaired) electrons. The number of hydrazine groups is 1. The van der Waals surface area contributed by atoms with Gasteiger partial charge in [-0.05, 0) is 43.0 Å². The van der Waals surface area contributed by atoms with E-state index in [2.05, 4.69) is 40.0 Å². The smallest absolute Gasteiger partial charge is 0.234 e. The van der Waals surface area contributed by atoms with Crippen molar-refractivity contribution in [3.05, 3.63) is 40.9 Å². The first-order valence-electron chi connectivity index (χ1n) is 8.69. The molecular weight excluding hydrogens is 355 g/mol. The Labute approximate surface area is 154 Å². The third-order valence-electron chi connectivity index (χ3n) is 4.29. The van der Waals surface area contributed by atoms with Gasteiger partial charge in [-0.15, -0.1) is 10.2 Å². The molecule has 4 rings (SSSR count). The van der Waals surface area contributed by atoms with Gasteiger partial charge in [0, 0.05) is 6.04 Å². The van der Waals surface area contributed by atoms with Crippen molar-refractivity contribution in [2.75, 3.05) is 0 Å². The molecule has 138 valence electrons. The standard InChI is InChI=1S/C17H21FN6OS/c1-10(2)7-12-8-14(20-19-12)16-23-24-15(21-22-17(24)26-16)9-25-13-5-3-11(18)4-6-13/h3-6,10,12,14,19-20H,7-9H2,1-2H3. The Bertz CT molecular complexity index is 877. The minimum atomic E-state index is -0.292. The summed E-state index contributed by atoms with van der Waals surface area (Å²) in [6, 6.07) is 6.53. The van der Waals surface area contributed by atoms with Crippen molar-refractivity contribution in [2.24, 2.45) is 5.92 Å². The highest BCUT2D eigenvalue weighted by Crippen LogP contribution is 2.28. The van der Waals surface area contributed by atoms with Crippen LogP contribution in [0.1, 0.15) is 43.6 Å². The molecule has 1 saturated heterocycles. The zero-order chi connectivity index (χ0) is 18.1. The van der Waals surface area contributed by atoms with E-state index in [9.17, 15) is 4.39 Å². The zero-order valence-electron chi connectivity index (χ0n) is 14.6. The fourth-order valence-electron chi connectivity index (χ4n) is 3.09. The summed E-state index contributed by atoms with van der Waals surface area (Å²) in [5, 5.41) is 14.0. The predicted molar refractivity (Wildman–Crippen MR) is 96.3 cm³/mol. The van der Waals surface area contributed by atoms with E-state index in [1.165, 1.54) is 23.5 Å². The Balaban J connectivity index is 1.44. The van der Waals surface area contributed by atoms with E-state index in [4.69, 9.17) is 4.74 Å². The minimum absolute atomic E-state index is 0.177. The predicted octanol–water partition coefficient (Wildman–Crippen LogP) is 2.86. The lowest BCUT2D eigenvalue weighted by Crippen LogP contribution is -2.31. The molecule has 0 saturated carbocycles. The summed E-state index contributed by atoms with van der Waals surface area (Å²) >= 11 is 1.53. The quantitative estimate of drug-likeness (QED) is 0.689. The number of fused-ring (bicyclic) bond motifs is 1. The van der Waals surface area contributed by atoms with Crippen LogP contribution in [0, 0.1) is 11.7 Å². The van der Waals surface area contributed by atoms with Crippen molar-refractivity contribution < 1.29 is 9.13 Å². The van der Waals surface area contributed by atoms with Crippen LogP contribution in [0.3, 0.4) is 0 Å². The molecule has 7 nitrogen and oxygen atoms in total. The van der Waals surface area contributed by atoms with Crippen LogP contribution in [0.4, 0.5) is 4.39 Å². The summed E-state index contributed by atoms with van der Waals surface area (Å²) in [6.45, 7) is 4.68. The van der Waals surface area contributed by atoms with Crippen molar-refractivity contribution in [3.8, 4) is 5.75 Å². The van der Waals surface area contributed by atoms with Crippen LogP contribution in [0.2, 0.25) is 0 Å². The maximum atomic E-state index is 13.0. The van der Waals surface area contributed by atoms with Crippen LogP contribution >= 0.6 is 11.3 Å². The minimum Gasteiger partial charge on any atom is -0.486 e. The molecule has 3 heterocycles. The maximum Gasteiger partial charge on any atom is 0.234 e. The van der Waals surface area contributed by atoms with E-state index in [-0.39, 0.29) is 18.5 Å². The lowest BCUT2D eigenvalue weighted by Gasteiger charge is -2.10. The van der Waals surface area contributed by atoms with Crippen LogP contribution in [-0.2, 0) is 6.61 Å². The van der Waals surface area contributed by atoms with Gasteiger partial charge in [0.05, 0.1) is 6.04 Å². The van der Waals surface area contributed by atoms with Crippen LogP contribution in [-0.4, -0.2) is 25.9 Å². The zero-order valence-corrected chi connectivity index (χ0v) is 15.5. The monoisotopic (exact) mass is 376 g/mol. The normalized spacial score (nSPS) is 20.3. The van der Waals surface area contributed by atoms with Crippen molar-refractivity contribution >= 4 is 16.3 Å². The van der Waals surface area contributed by atoms with Gasteiger partial charge in [-0.1, -0.05) is 25.2 Å². The number of nitrogens with zero attached hydrogens (tertiary/aromatic N) is 4. The third kappa shape index (κ3) is 3.69. The van der Waals surface area contributed by atoms with Gasteiger partial charge in [0.15, 0.2) is 5.82 Å². The molecule has 1 aliphatic heterocycles. The van der Waals surface area contributed by atoms with Crippen LogP contribution in [0.25, 0.3) is 4.96 Å². The molecule has 1 aliphatic rings. The molecule has 2 aromatic heterocycles. The van der Waals surface area contributed by atoms with Crippen molar-refractivity contribution in [1.29, 1.82) is 0 Å². The molecule has 2 unspecified atom stereocenters. The van der Waals surface area contributed by atoms with E-state index < -0.39 is 0 Å². The highest BCUT2D eigenvalue weighted by atomic mass is 32.1. The summed E-state index contributed by atoms with van der Waals surface area (Å²) in [5.74, 6) is 1.56. The number of nitrogens with one attached hydrogen (secondary N) is 2. The largest absolute Gasteiger partial charge is 0.486 e. The fourth-order valence-corrected chi connectivity index (χ4v) is 4.01. The Morgan fingerprint density at radius 2 is 2.08 bits per heavy atom. The number of rotatable bonds is 6. The Morgan fingerprint density at radius 1 is 1.27 bits per heavy atom. The van der Waals surface area contributed by atoms with E-state index >= 15 is 0 Å². The lowest BCUT2D eigenvalue weighted by molar-refractivity contribution is 0.292. The summed E-state index contributed by atoms with van der Waals surface area (Å²) in [7, 11) is 0. The number of aromatic nitrogens is 4. The third-order valence-corrected chi connectivity index (χ3v) is 5.30. The number of hydrogen-bond donors (Lipinski definition) is 2. The second-order valence-electron chi connectivity index (χ2n) is 6.90. The molecule has 1 aromatic carbocycles. The molecule has 26 heavy (non-hydrogen) atoms. The van der Waals surface area contributed by atoms with Crippen LogP contribution < -0.4 is 15.6 Å².